The molecule has 0 aliphatic heterocycles. The second kappa shape index (κ2) is 7.81. The van der Waals surface area contributed by atoms with Crippen LogP contribution in [0.2, 0.25) is 0 Å². The van der Waals surface area contributed by atoms with Crippen molar-refractivity contribution >= 4 is 0 Å². The highest BCUT2D eigenvalue weighted by molar-refractivity contribution is 5.29. The van der Waals surface area contributed by atoms with E-state index in [2.05, 4.69) is 33.0 Å². The highest BCUT2D eigenvalue weighted by Gasteiger charge is 2.10. The molecule has 0 heterocycles. The summed E-state index contributed by atoms with van der Waals surface area (Å²) in [4.78, 5) is 0. The van der Waals surface area contributed by atoms with Crippen molar-refractivity contribution < 1.29 is 4.74 Å². The summed E-state index contributed by atoms with van der Waals surface area (Å²) in [6.07, 6.45) is 0. The van der Waals surface area contributed by atoms with Crippen LogP contribution in [-0.4, -0.2) is 13.2 Å². The number of hydrogen-bond donors (Lipinski definition) is 1. The number of ether oxygens (including phenoxy) is 1. The molecule has 0 spiro atoms. The Kier molecular flexibility index (Phi) is 6.38. The molecule has 3 nitrogen and oxygen atoms in total. The standard InChI is InChI=1S/C16H24N2O/c1-12(2)13(3)11-18-14(4)15-5-7-16(8-6-15)19-10-9-17/h5-8,12-14,18H,10-11H2,1-4H3. The molecule has 19 heavy (non-hydrogen) atoms. The molecule has 0 bridgehead atoms. The Morgan fingerprint density at radius 1 is 1.16 bits per heavy atom. The van der Waals surface area contributed by atoms with E-state index in [1.54, 1.807) is 0 Å². The Bertz CT molecular complexity index is 406. The predicted molar refractivity (Wildman–Crippen MR) is 78.0 cm³/mol. The van der Waals surface area contributed by atoms with E-state index >= 15 is 0 Å². The Morgan fingerprint density at radius 3 is 2.32 bits per heavy atom. The fourth-order valence-corrected chi connectivity index (χ4v) is 1.68. The number of benzene rings is 1. The van der Waals surface area contributed by atoms with Crippen LogP contribution in [0.3, 0.4) is 0 Å². The first-order valence-electron chi connectivity index (χ1n) is 6.87. The quantitative estimate of drug-likeness (QED) is 0.815. The van der Waals surface area contributed by atoms with E-state index in [4.69, 9.17) is 10.00 Å². The Labute approximate surface area is 116 Å². The molecule has 104 valence electrons. The van der Waals surface area contributed by atoms with Gasteiger partial charge in [-0.3, -0.25) is 0 Å². The van der Waals surface area contributed by atoms with E-state index in [1.165, 1.54) is 5.56 Å². The van der Waals surface area contributed by atoms with Crippen molar-refractivity contribution in [3.63, 3.8) is 0 Å². The molecule has 1 N–H and O–H groups in total. The third kappa shape index (κ3) is 5.32. The van der Waals surface area contributed by atoms with Crippen LogP contribution >= 0.6 is 0 Å². The minimum atomic E-state index is 0.0963. The number of nitriles is 1. The molecule has 0 amide bonds. The van der Waals surface area contributed by atoms with E-state index in [0.717, 1.165) is 12.3 Å². The van der Waals surface area contributed by atoms with Crippen LogP contribution in [0.1, 0.15) is 39.3 Å². The first-order valence-corrected chi connectivity index (χ1v) is 6.87. The van der Waals surface area contributed by atoms with Crippen molar-refractivity contribution in [1.82, 2.24) is 5.32 Å². The Balaban J connectivity index is 2.49. The monoisotopic (exact) mass is 260 g/mol. The normalized spacial score (nSPS) is 13.9. The maximum atomic E-state index is 8.45. The molecule has 2 atom stereocenters. The Morgan fingerprint density at radius 2 is 1.79 bits per heavy atom. The smallest absolute Gasteiger partial charge is 0.174 e. The van der Waals surface area contributed by atoms with Gasteiger partial charge in [0.1, 0.15) is 11.8 Å². The van der Waals surface area contributed by atoms with E-state index in [0.29, 0.717) is 17.9 Å². The summed E-state index contributed by atoms with van der Waals surface area (Å²) in [7, 11) is 0. The SMILES string of the molecule is CC(NCC(C)C(C)C)c1ccc(OCC#N)cc1. The average molecular weight is 260 g/mol. The van der Waals surface area contributed by atoms with Crippen LogP contribution in [0.5, 0.6) is 5.75 Å². The number of hydrogen-bond acceptors (Lipinski definition) is 3. The molecule has 1 rings (SSSR count). The van der Waals surface area contributed by atoms with Gasteiger partial charge in [0.05, 0.1) is 0 Å². The van der Waals surface area contributed by atoms with E-state index < -0.39 is 0 Å². The fourth-order valence-electron chi connectivity index (χ4n) is 1.68. The average Bonchev–Trinajstić information content (AvgIpc) is 2.42. The van der Waals surface area contributed by atoms with Crippen molar-refractivity contribution in [2.24, 2.45) is 11.8 Å². The van der Waals surface area contributed by atoms with Gasteiger partial charge in [-0.05, 0) is 43.0 Å². The summed E-state index contributed by atoms with van der Waals surface area (Å²) in [5, 5.41) is 12.0. The maximum absolute atomic E-state index is 8.45. The van der Waals surface area contributed by atoms with Gasteiger partial charge < -0.3 is 10.1 Å². The van der Waals surface area contributed by atoms with E-state index in [1.807, 2.05) is 30.3 Å². The summed E-state index contributed by atoms with van der Waals surface area (Å²) in [6, 6.07) is 10.2. The molecular weight excluding hydrogens is 236 g/mol. The van der Waals surface area contributed by atoms with Gasteiger partial charge in [0, 0.05) is 6.04 Å². The minimum absolute atomic E-state index is 0.0963. The number of nitrogens with one attached hydrogen (secondary N) is 1. The molecule has 0 fully saturated rings. The maximum Gasteiger partial charge on any atom is 0.174 e. The van der Waals surface area contributed by atoms with Gasteiger partial charge in [-0.1, -0.05) is 32.9 Å². The third-order valence-electron chi connectivity index (χ3n) is 3.57. The highest BCUT2D eigenvalue weighted by Crippen LogP contribution is 2.18. The first-order chi connectivity index (χ1) is 9.04. The number of rotatable bonds is 7. The number of nitrogens with zero attached hydrogens (tertiary/aromatic N) is 1. The Hall–Kier alpha value is -1.53. The van der Waals surface area contributed by atoms with Crippen LogP contribution in [0.25, 0.3) is 0 Å². The van der Waals surface area contributed by atoms with Crippen LogP contribution in [0.15, 0.2) is 24.3 Å². The van der Waals surface area contributed by atoms with Gasteiger partial charge in [-0.2, -0.15) is 5.26 Å². The minimum Gasteiger partial charge on any atom is -0.479 e. The van der Waals surface area contributed by atoms with Crippen LogP contribution in [0.4, 0.5) is 0 Å². The molecule has 0 aromatic heterocycles. The van der Waals surface area contributed by atoms with Gasteiger partial charge >= 0.3 is 0 Å². The van der Waals surface area contributed by atoms with Gasteiger partial charge in [0.2, 0.25) is 0 Å². The van der Waals surface area contributed by atoms with Crippen molar-refractivity contribution in [2.75, 3.05) is 13.2 Å². The van der Waals surface area contributed by atoms with Crippen molar-refractivity contribution in [3.05, 3.63) is 29.8 Å². The van der Waals surface area contributed by atoms with Crippen molar-refractivity contribution in [3.8, 4) is 11.8 Å². The second-order valence-corrected chi connectivity index (χ2v) is 5.37. The van der Waals surface area contributed by atoms with Crippen LogP contribution in [0, 0.1) is 23.2 Å². The lowest BCUT2D eigenvalue weighted by molar-refractivity contribution is 0.366. The topological polar surface area (TPSA) is 45.0 Å². The second-order valence-electron chi connectivity index (χ2n) is 5.37. The van der Waals surface area contributed by atoms with Crippen molar-refractivity contribution in [2.45, 2.75) is 33.7 Å². The van der Waals surface area contributed by atoms with E-state index in [-0.39, 0.29) is 6.61 Å². The zero-order valence-corrected chi connectivity index (χ0v) is 12.3. The molecule has 0 saturated heterocycles. The molecule has 0 saturated carbocycles. The third-order valence-corrected chi connectivity index (χ3v) is 3.57. The van der Waals surface area contributed by atoms with Crippen LogP contribution in [-0.2, 0) is 0 Å². The molecule has 0 aliphatic carbocycles. The highest BCUT2D eigenvalue weighted by atomic mass is 16.5. The summed E-state index contributed by atoms with van der Waals surface area (Å²) in [6.45, 7) is 10.0. The molecule has 0 aliphatic rings. The van der Waals surface area contributed by atoms with Crippen molar-refractivity contribution in [1.29, 1.82) is 5.26 Å². The van der Waals surface area contributed by atoms with Crippen LogP contribution < -0.4 is 10.1 Å². The summed E-state index contributed by atoms with van der Waals surface area (Å²) >= 11 is 0. The van der Waals surface area contributed by atoms with Gasteiger partial charge in [-0.25, -0.2) is 0 Å². The summed E-state index contributed by atoms with van der Waals surface area (Å²) in [5.41, 5.74) is 1.24. The molecule has 1 aromatic carbocycles. The van der Waals surface area contributed by atoms with Gasteiger partial charge in [0.25, 0.3) is 0 Å². The van der Waals surface area contributed by atoms with E-state index in [9.17, 15) is 0 Å². The molecule has 2 unspecified atom stereocenters. The summed E-state index contributed by atoms with van der Waals surface area (Å²) in [5.74, 6) is 2.11. The molecule has 1 aromatic rings. The van der Waals surface area contributed by atoms with Gasteiger partial charge in [0.15, 0.2) is 6.61 Å². The molecule has 3 heteroatoms. The first kappa shape index (κ1) is 15.5. The fraction of sp³-hybridized carbons (Fsp3) is 0.562. The zero-order chi connectivity index (χ0) is 14.3. The lowest BCUT2D eigenvalue weighted by Gasteiger charge is -2.20. The summed E-state index contributed by atoms with van der Waals surface area (Å²) < 4.78 is 5.24. The zero-order valence-electron chi connectivity index (χ0n) is 12.3. The largest absolute Gasteiger partial charge is 0.479 e. The molecular formula is C16H24N2O. The van der Waals surface area contributed by atoms with Gasteiger partial charge in [-0.15, -0.1) is 0 Å². The predicted octanol–water partition coefficient (Wildman–Crippen LogP) is 3.53. The lowest BCUT2D eigenvalue weighted by atomic mass is 9.97. The lowest BCUT2D eigenvalue weighted by Crippen LogP contribution is -2.26. The molecule has 0 radical (unpaired) electrons.